The maximum absolute atomic E-state index is 12.9. The van der Waals surface area contributed by atoms with Gasteiger partial charge in [-0.15, -0.1) is 0 Å². The number of piperidine rings is 1. The van der Waals surface area contributed by atoms with Gasteiger partial charge in [0.1, 0.15) is 28.6 Å². The number of rotatable bonds is 6. The number of nitrogens with two attached hydrogens (primary N) is 1. The van der Waals surface area contributed by atoms with Crippen LogP contribution in [0.1, 0.15) is 46.0 Å². The highest BCUT2D eigenvalue weighted by Gasteiger charge is 2.36. The fraction of sp³-hybridized carbons (Fsp3) is 0.258. The molecular weight excluding hydrogens is 490 g/mol. The van der Waals surface area contributed by atoms with Gasteiger partial charge >= 0.3 is 0 Å². The minimum atomic E-state index is -0.507. The first kappa shape index (κ1) is 24.7. The van der Waals surface area contributed by atoms with Gasteiger partial charge in [-0.05, 0) is 73.7 Å². The molecule has 3 N–H and O–H groups in total. The van der Waals surface area contributed by atoms with Gasteiger partial charge in [-0.25, -0.2) is 4.68 Å². The largest absolute Gasteiger partial charge is 0.457 e. The minimum absolute atomic E-state index is 0.0807. The molecule has 0 radical (unpaired) electrons. The summed E-state index contributed by atoms with van der Waals surface area (Å²) in [6, 6.07) is 26.7. The molecule has 1 atom stereocenters. The molecule has 1 saturated heterocycles. The average Bonchev–Trinajstić information content (AvgIpc) is 3.39. The van der Waals surface area contributed by atoms with Crippen LogP contribution in [0.5, 0.6) is 11.5 Å². The van der Waals surface area contributed by atoms with Crippen molar-refractivity contribution in [3.8, 4) is 22.8 Å². The third kappa shape index (κ3) is 4.97. The zero-order chi connectivity index (χ0) is 26.8. The molecule has 0 spiro atoms. The predicted molar refractivity (Wildman–Crippen MR) is 150 cm³/mol. The molecule has 39 heavy (non-hydrogen) atoms. The zero-order valence-electron chi connectivity index (χ0n) is 21.6. The number of hydrogen-bond acceptors (Lipinski definition) is 5. The first-order valence-corrected chi connectivity index (χ1v) is 13.4. The van der Waals surface area contributed by atoms with Crippen LogP contribution in [0, 0.1) is 5.92 Å². The van der Waals surface area contributed by atoms with Gasteiger partial charge in [-0.3, -0.25) is 9.59 Å². The summed E-state index contributed by atoms with van der Waals surface area (Å²) in [6.07, 6.45) is 2.66. The predicted octanol–water partition coefficient (Wildman–Crippen LogP) is 5.35. The molecule has 8 nitrogen and oxygen atoms in total. The Bertz CT molecular complexity index is 1460. The topological polar surface area (TPSA) is 102 Å². The molecule has 2 amide bonds. The summed E-state index contributed by atoms with van der Waals surface area (Å²) < 4.78 is 7.89. The van der Waals surface area contributed by atoms with Crippen molar-refractivity contribution in [1.29, 1.82) is 0 Å². The number of aromatic nitrogens is 2. The molecule has 0 unspecified atom stereocenters. The molecule has 4 aromatic rings. The van der Waals surface area contributed by atoms with E-state index in [1.165, 1.54) is 0 Å². The fourth-order valence-corrected chi connectivity index (χ4v) is 5.73. The van der Waals surface area contributed by atoms with Crippen LogP contribution in [0.15, 0.2) is 84.9 Å². The van der Waals surface area contributed by atoms with Crippen LogP contribution in [-0.2, 0) is 0 Å². The molecule has 2 aliphatic rings. The maximum atomic E-state index is 12.9. The van der Waals surface area contributed by atoms with Gasteiger partial charge in [0.15, 0.2) is 0 Å². The highest BCUT2D eigenvalue weighted by Crippen LogP contribution is 2.40. The Kier molecular flexibility index (Phi) is 6.75. The van der Waals surface area contributed by atoms with E-state index in [1.807, 2.05) is 94.5 Å². The number of carbonyl (C=O) groups is 2. The number of carbonyl (C=O) groups excluding carboxylic acids is 2. The van der Waals surface area contributed by atoms with Gasteiger partial charge in [0.05, 0.1) is 6.04 Å². The second kappa shape index (κ2) is 10.6. The van der Waals surface area contributed by atoms with Gasteiger partial charge in [-0.2, -0.15) is 5.10 Å². The molecule has 3 heterocycles. The molecular formula is C31H31N5O3. The monoisotopic (exact) mass is 521 g/mol. The lowest BCUT2D eigenvalue weighted by Crippen LogP contribution is -2.41. The van der Waals surface area contributed by atoms with Crippen molar-refractivity contribution >= 4 is 17.6 Å². The third-order valence-corrected chi connectivity index (χ3v) is 7.70. The van der Waals surface area contributed by atoms with Gasteiger partial charge in [-0.1, -0.05) is 36.4 Å². The number of hydrogen-bond donors (Lipinski definition) is 2. The molecule has 0 aliphatic carbocycles. The first-order valence-electron chi connectivity index (χ1n) is 13.4. The average molecular weight is 522 g/mol. The summed E-state index contributed by atoms with van der Waals surface area (Å²) in [5, 5.41) is 8.32. The number of amides is 2. The molecule has 0 bridgehead atoms. The number of nitrogens with one attached hydrogen (secondary N) is 1. The molecule has 0 saturated carbocycles. The number of anilines is 1. The number of nitrogens with zero attached hydrogens (tertiary/aromatic N) is 3. The lowest BCUT2D eigenvalue weighted by molar-refractivity contribution is 0.0652. The summed E-state index contributed by atoms with van der Waals surface area (Å²) in [5.74, 6) is 2.05. The Labute approximate surface area is 227 Å². The van der Waals surface area contributed by atoms with E-state index in [1.54, 1.807) is 0 Å². The van der Waals surface area contributed by atoms with E-state index < -0.39 is 5.91 Å². The number of likely N-dealkylation sites (tertiary alicyclic amines) is 1. The van der Waals surface area contributed by atoms with E-state index in [0.29, 0.717) is 41.8 Å². The number of ether oxygens (including phenoxy) is 1. The Hall–Kier alpha value is -4.59. The van der Waals surface area contributed by atoms with E-state index in [-0.39, 0.29) is 11.9 Å². The van der Waals surface area contributed by atoms with E-state index in [9.17, 15) is 9.59 Å². The van der Waals surface area contributed by atoms with Crippen LogP contribution in [0.3, 0.4) is 0 Å². The van der Waals surface area contributed by atoms with E-state index in [2.05, 4.69) is 5.32 Å². The quantitative estimate of drug-likeness (QED) is 0.356. The second-order valence-corrected chi connectivity index (χ2v) is 10.1. The zero-order valence-corrected chi connectivity index (χ0v) is 21.6. The van der Waals surface area contributed by atoms with Crippen molar-refractivity contribution in [2.45, 2.75) is 25.3 Å². The van der Waals surface area contributed by atoms with Crippen molar-refractivity contribution < 1.29 is 14.3 Å². The molecule has 1 fully saturated rings. The van der Waals surface area contributed by atoms with Crippen molar-refractivity contribution in [2.75, 3.05) is 25.0 Å². The Balaban J connectivity index is 1.22. The highest BCUT2D eigenvalue weighted by atomic mass is 16.5. The molecule has 198 valence electrons. The smallest absolute Gasteiger partial charge is 0.254 e. The molecule has 3 aromatic carbocycles. The van der Waals surface area contributed by atoms with Gasteiger partial charge in [0.25, 0.3) is 11.8 Å². The van der Waals surface area contributed by atoms with Gasteiger partial charge in [0.2, 0.25) is 0 Å². The van der Waals surface area contributed by atoms with Crippen LogP contribution in [0.2, 0.25) is 0 Å². The van der Waals surface area contributed by atoms with E-state index in [4.69, 9.17) is 15.6 Å². The number of fused-ring (bicyclic) bond motifs is 1. The molecule has 2 aliphatic heterocycles. The standard InChI is InChI=1S/C31H31N5O3/c32-29(37)27-28(22-11-13-25(14-12-22)39-24-9-5-2-6-10-24)34-36-26(15-18-33-30(27)36)21-16-19-35(20-17-21)31(38)23-7-3-1-4-8-23/h1-14,21,26,33H,15-20H2,(H2,32,37)/t26-/m0/s1. The van der Waals surface area contributed by atoms with Crippen molar-refractivity contribution in [3.63, 3.8) is 0 Å². The highest BCUT2D eigenvalue weighted by molar-refractivity contribution is 6.04. The van der Waals surface area contributed by atoms with Gasteiger partial charge < -0.3 is 20.7 Å². The van der Waals surface area contributed by atoms with E-state index >= 15 is 0 Å². The van der Waals surface area contributed by atoms with Gasteiger partial charge in [0, 0.05) is 30.8 Å². The number of benzene rings is 3. The van der Waals surface area contributed by atoms with Crippen molar-refractivity contribution in [3.05, 3.63) is 96.1 Å². The fourth-order valence-electron chi connectivity index (χ4n) is 5.73. The summed E-state index contributed by atoms with van der Waals surface area (Å²) in [6.45, 7) is 2.15. The SMILES string of the molecule is NC(=O)c1c(-c2ccc(Oc3ccccc3)cc2)nn2c1NCC[C@H]2C1CCN(C(=O)c2ccccc2)CC1. The summed E-state index contributed by atoms with van der Waals surface area (Å²) >= 11 is 0. The Morgan fingerprint density at radius 3 is 2.15 bits per heavy atom. The molecule has 8 heteroatoms. The van der Waals surface area contributed by atoms with Crippen LogP contribution in [0.4, 0.5) is 5.82 Å². The van der Waals surface area contributed by atoms with Crippen LogP contribution in [0.25, 0.3) is 11.3 Å². The minimum Gasteiger partial charge on any atom is -0.457 e. The second-order valence-electron chi connectivity index (χ2n) is 10.1. The van der Waals surface area contributed by atoms with Crippen molar-refractivity contribution in [2.24, 2.45) is 11.7 Å². The molecule has 6 rings (SSSR count). The van der Waals surface area contributed by atoms with Crippen LogP contribution in [-0.4, -0.2) is 46.1 Å². The summed E-state index contributed by atoms with van der Waals surface area (Å²) in [4.78, 5) is 27.5. The van der Waals surface area contributed by atoms with Crippen LogP contribution < -0.4 is 15.8 Å². The van der Waals surface area contributed by atoms with Crippen molar-refractivity contribution in [1.82, 2.24) is 14.7 Å². The first-order chi connectivity index (χ1) is 19.1. The van der Waals surface area contributed by atoms with Crippen LogP contribution >= 0.6 is 0 Å². The van der Waals surface area contributed by atoms with E-state index in [0.717, 1.165) is 42.7 Å². The number of para-hydroxylation sites is 1. The third-order valence-electron chi connectivity index (χ3n) is 7.70. The molecule has 1 aromatic heterocycles. The lowest BCUT2D eigenvalue weighted by atomic mass is 9.86. The lowest BCUT2D eigenvalue weighted by Gasteiger charge is -2.38. The Morgan fingerprint density at radius 2 is 1.49 bits per heavy atom. The summed E-state index contributed by atoms with van der Waals surface area (Å²) in [7, 11) is 0. The Morgan fingerprint density at radius 1 is 0.846 bits per heavy atom. The number of primary amides is 1. The normalized spacial score (nSPS) is 17.2. The maximum Gasteiger partial charge on any atom is 0.254 e. The summed E-state index contributed by atoms with van der Waals surface area (Å²) in [5.41, 5.74) is 8.39.